The van der Waals surface area contributed by atoms with Gasteiger partial charge < -0.3 is 10.6 Å². The quantitative estimate of drug-likeness (QED) is 0.520. The number of nitrogens with one attached hydrogen (secondary N) is 3. The number of hydrogen-bond acceptors (Lipinski definition) is 3. The lowest BCUT2D eigenvalue weighted by molar-refractivity contribution is -0.123. The van der Waals surface area contributed by atoms with Crippen molar-refractivity contribution >= 4 is 17.5 Å². The lowest BCUT2D eigenvalue weighted by Gasteiger charge is -2.20. The third-order valence-electron chi connectivity index (χ3n) is 5.34. The van der Waals surface area contributed by atoms with Gasteiger partial charge in [0.05, 0.1) is 19.1 Å². The highest BCUT2D eigenvalue weighted by Gasteiger charge is 2.15. The van der Waals surface area contributed by atoms with E-state index in [1.165, 1.54) is 5.56 Å². The highest BCUT2D eigenvalue weighted by Crippen LogP contribution is 2.22. The van der Waals surface area contributed by atoms with E-state index in [1.807, 2.05) is 69.3 Å². The van der Waals surface area contributed by atoms with Crippen molar-refractivity contribution in [2.75, 3.05) is 18.4 Å². The standard InChI is InChI=1S/C26H29N3O2/c1-18-12-14-22(15-13-18)26(21-9-5-4-6-10-21)28-16-24(30)27-17-25(31)29-23-11-7-8-19(2)20(23)3/h4-15,26,28H,16-17H2,1-3H3,(H,27,30)(H,29,31)/t26-/m0/s1. The van der Waals surface area contributed by atoms with E-state index in [9.17, 15) is 9.59 Å². The van der Waals surface area contributed by atoms with Gasteiger partial charge in [-0.1, -0.05) is 72.3 Å². The molecule has 0 saturated heterocycles. The molecule has 2 amide bonds. The van der Waals surface area contributed by atoms with Crippen molar-refractivity contribution in [2.45, 2.75) is 26.8 Å². The van der Waals surface area contributed by atoms with Gasteiger partial charge in [-0.3, -0.25) is 14.9 Å². The second kappa shape index (κ2) is 10.5. The summed E-state index contributed by atoms with van der Waals surface area (Å²) in [6.07, 6.45) is 0. The fraction of sp³-hybridized carbons (Fsp3) is 0.231. The summed E-state index contributed by atoms with van der Waals surface area (Å²) in [5.74, 6) is -0.482. The van der Waals surface area contributed by atoms with E-state index in [2.05, 4.69) is 40.2 Å². The molecular weight excluding hydrogens is 386 g/mol. The molecule has 5 heteroatoms. The number of aryl methyl sites for hydroxylation is 2. The van der Waals surface area contributed by atoms with Crippen LogP contribution in [-0.2, 0) is 9.59 Å². The van der Waals surface area contributed by atoms with Crippen LogP contribution in [0.3, 0.4) is 0 Å². The van der Waals surface area contributed by atoms with Gasteiger partial charge in [0.15, 0.2) is 0 Å². The molecule has 31 heavy (non-hydrogen) atoms. The predicted octanol–water partition coefficient (Wildman–Crippen LogP) is 4.05. The number of hydrogen-bond donors (Lipinski definition) is 3. The van der Waals surface area contributed by atoms with Gasteiger partial charge in [0.25, 0.3) is 0 Å². The summed E-state index contributed by atoms with van der Waals surface area (Å²) >= 11 is 0. The fourth-order valence-corrected chi connectivity index (χ4v) is 3.35. The Bertz CT molecular complexity index is 1030. The van der Waals surface area contributed by atoms with Crippen molar-refractivity contribution in [1.82, 2.24) is 10.6 Å². The highest BCUT2D eigenvalue weighted by atomic mass is 16.2. The molecule has 0 fully saturated rings. The van der Waals surface area contributed by atoms with Crippen molar-refractivity contribution in [3.8, 4) is 0 Å². The molecule has 5 nitrogen and oxygen atoms in total. The summed E-state index contributed by atoms with van der Waals surface area (Å²) in [5, 5.41) is 8.86. The molecule has 0 saturated carbocycles. The molecule has 0 aliphatic rings. The average molecular weight is 416 g/mol. The van der Waals surface area contributed by atoms with Gasteiger partial charge >= 0.3 is 0 Å². The molecule has 0 unspecified atom stereocenters. The lowest BCUT2D eigenvalue weighted by Crippen LogP contribution is -2.39. The second-order valence-electron chi connectivity index (χ2n) is 7.71. The summed E-state index contributed by atoms with van der Waals surface area (Å²) < 4.78 is 0. The monoisotopic (exact) mass is 415 g/mol. The van der Waals surface area contributed by atoms with Crippen molar-refractivity contribution < 1.29 is 9.59 Å². The van der Waals surface area contributed by atoms with E-state index in [0.717, 1.165) is 27.9 Å². The molecule has 3 N–H and O–H groups in total. The molecule has 3 aromatic carbocycles. The third-order valence-corrected chi connectivity index (χ3v) is 5.34. The fourth-order valence-electron chi connectivity index (χ4n) is 3.35. The molecule has 160 valence electrons. The van der Waals surface area contributed by atoms with Crippen molar-refractivity contribution in [2.24, 2.45) is 0 Å². The van der Waals surface area contributed by atoms with Gasteiger partial charge in [0, 0.05) is 5.69 Å². The van der Waals surface area contributed by atoms with E-state index >= 15 is 0 Å². The number of rotatable bonds is 8. The van der Waals surface area contributed by atoms with E-state index in [-0.39, 0.29) is 30.9 Å². The normalized spacial score (nSPS) is 11.6. The molecule has 0 radical (unpaired) electrons. The van der Waals surface area contributed by atoms with Gasteiger partial charge in [-0.2, -0.15) is 0 Å². The van der Waals surface area contributed by atoms with Gasteiger partial charge in [0.1, 0.15) is 0 Å². The van der Waals surface area contributed by atoms with Crippen molar-refractivity contribution in [3.05, 3.63) is 101 Å². The first kappa shape index (κ1) is 22.2. The largest absolute Gasteiger partial charge is 0.346 e. The summed E-state index contributed by atoms with van der Waals surface area (Å²) in [6, 6.07) is 23.9. The molecule has 3 aromatic rings. The molecule has 0 aromatic heterocycles. The number of amides is 2. The Morgan fingerprint density at radius 3 is 2.13 bits per heavy atom. The Labute approximate surface area is 183 Å². The highest BCUT2D eigenvalue weighted by molar-refractivity contribution is 5.95. The maximum atomic E-state index is 12.4. The molecule has 0 spiro atoms. The van der Waals surface area contributed by atoms with Crippen LogP contribution in [0, 0.1) is 20.8 Å². The van der Waals surface area contributed by atoms with Gasteiger partial charge in [-0.15, -0.1) is 0 Å². The van der Waals surface area contributed by atoms with Crippen LogP contribution in [-0.4, -0.2) is 24.9 Å². The first-order valence-corrected chi connectivity index (χ1v) is 10.4. The van der Waals surface area contributed by atoms with Crippen LogP contribution in [0.25, 0.3) is 0 Å². The maximum absolute atomic E-state index is 12.4. The first-order chi connectivity index (χ1) is 14.9. The average Bonchev–Trinajstić information content (AvgIpc) is 2.77. The third kappa shape index (κ3) is 6.27. The zero-order valence-corrected chi connectivity index (χ0v) is 18.2. The summed E-state index contributed by atoms with van der Waals surface area (Å²) in [5.41, 5.74) is 6.23. The molecule has 1 atom stereocenters. The minimum absolute atomic E-state index is 0.0750. The molecule has 0 heterocycles. The van der Waals surface area contributed by atoms with Crippen LogP contribution in [0.2, 0.25) is 0 Å². The topological polar surface area (TPSA) is 70.2 Å². The Hall–Kier alpha value is -3.44. The minimum Gasteiger partial charge on any atom is -0.346 e. The van der Waals surface area contributed by atoms with Gasteiger partial charge in [0.2, 0.25) is 11.8 Å². The predicted molar refractivity (Wildman–Crippen MR) is 125 cm³/mol. The van der Waals surface area contributed by atoms with Gasteiger partial charge in [-0.05, 0) is 49.1 Å². The lowest BCUT2D eigenvalue weighted by atomic mass is 9.98. The molecule has 0 bridgehead atoms. The van der Waals surface area contributed by atoms with E-state index in [4.69, 9.17) is 0 Å². The zero-order valence-electron chi connectivity index (χ0n) is 18.2. The number of carbonyl (C=O) groups is 2. The van der Waals surface area contributed by atoms with Crippen LogP contribution in [0.4, 0.5) is 5.69 Å². The van der Waals surface area contributed by atoms with Crippen molar-refractivity contribution in [3.63, 3.8) is 0 Å². The number of carbonyl (C=O) groups excluding carboxylic acids is 2. The van der Waals surface area contributed by atoms with Crippen LogP contribution in [0.1, 0.15) is 33.9 Å². The van der Waals surface area contributed by atoms with Crippen LogP contribution in [0.5, 0.6) is 0 Å². The first-order valence-electron chi connectivity index (χ1n) is 10.4. The summed E-state index contributed by atoms with van der Waals surface area (Å²) in [6.45, 7) is 6.03. The Balaban J connectivity index is 1.56. The van der Waals surface area contributed by atoms with E-state index in [0.29, 0.717) is 0 Å². The smallest absolute Gasteiger partial charge is 0.243 e. The molecule has 0 aliphatic heterocycles. The van der Waals surface area contributed by atoms with Crippen LogP contribution in [0.15, 0.2) is 72.8 Å². The molecule has 3 rings (SSSR count). The number of benzene rings is 3. The van der Waals surface area contributed by atoms with E-state index < -0.39 is 0 Å². The SMILES string of the molecule is Cc1ccc([C@@H](NCC(=O)NCC(=O)Nc2cccc(C)c2C)c2ccccc2)cc1. The van der Waals surface area contributed by atoms with Gasteiger partial charge in [-0.25, -0.2) is 0 Å². The van der Waals surface area contributed by atoms with Crippen LogP contribution < -0.4 is 16.0 Å². The zero-order chi connectivity index (χ0) is 22.2. The molecular formula is C26H29N3O2. The Morgan fingerprint density at radius 1 is 0.742 bits per heavy atom. The Morgan fingerprint density at radius 2 is 1.42 bits per heavy atom. The summed E-state index contributed by atoms with van der Waals surface area (Å²) in [4.78, 5) is 24.6. The molecule has 0 aliphatic carbocycles. The summed E-state index contributed by atoms with van der Waals surface area (Å²) in [7, 11) is 0. The number of anilines is 1. The van der Waals surface area contributed by atoms with Crippen molar-refractivity contribution in [1.29, 1.82) is 0 Å². The van der Waals surface area contributed by atoms with E-state index in [1.54, 1.807) is 0 Å². The Kier molecular flexibility index (Phi) is 7.57. The van der Waals surface area contributed by atoms with Crippen LogP contribution >= 0.6 is 0 Å². The second-order valence-corrected chi connectivity index (χ2v) is 7.71. The minimum atomic E-state index is -0.250. The maximum Gasteiger partial charge on any atom is 0.243 e.